The number of carbonyl (C=O) groups excluding carboxylic acids is 2. The molecule has 7 heteroatoms. The fourth-order valence-electron chi connectivity index (χ4n) is 2.39. The van der Waals surface area contributed by atoms with Crippen molar-refractivity contribution in [3.8, 4) is 17.2 Å². The van der Waals surface area contributed by atoms with Crippen LogP contribution in [0.1, 0.15) is 24.2 Å². The zero-order chi connectivity index (χ0) is 18.5. The van der Waals surface area contributed by atoms with E-state index >= 15 is 0 Å². The van der Waals surface area contributed by atoms with Crippen molar-refractivity contribution in [2.24, 2.45) is 0 Å². The summed E-state index contributed by atoms with van der Waals surface area (Å²) in [5, 5.41) is 2.76. The van der Waals surface area contributed by atoms with Gasteiger partial charge in [-0.15, -0.1) is 0 Å². The first-order valence-electron chi connectivity index (χ1n) is 8.21. The third-order valence-electron chi connectivity index (χ3n) is 3.67. The monoisotopic (exact) mass is 357 g/mol. The van der Waals surface area contributed by atoms with Crippen molar-refractivity contribution >= 4 is 17.6 Å². The molecule has 0 aromatic heterocycles. The van der Waals surface area contributed by atoms with Crippen LogP contribution >= 0.6 is 0 Å². The normalized spacial score (nSPS) is 13.0. The van der Waals surface area contributed by atoms with E-state index in [4.69, 9.17) is 18.9 Å². The van der Waals surface area contributed by atoms with Crippen molar-refractivity contribution in [3.63, 3.8) is 0 Å². The molecule has 136 valence electrons. The predicted octanol–water partition coefficient (Wildman–Crippen LogP) is 3.00. The van der Waals surface area contributed by atoms with Crippen LogP contribution in [0.25, 0.3) is 0 Å². The lowest BCUT2D eigenvalue weighted by Gasteiger charge is -2.15. The minimum atomic E-state index is -0.766. The lowest BCUT2D eigenvalue weighted by molar-refractivity contribution is -0.122. The number of anilines is 1. The van der Waals surface area contributed by atoms with Crippen LogP contribution in [0, 0.1) is 0 Å². The Morgan fingerprint density at radius 1 is 1.15 bits per heavy atom. The fraction of sp³-hybridized carbons (Fsp3) is 0.263. The molecule has 0 bridgehead atoms. The van der Waals surface area contributed by atoms with Crippen LogP contribution in [0.4, 0.5) is 5.69 Å². The quantitative estimate of drug-likeness (QED) is 0.800. The van der Waals surface area contributed by atoms with E-state index in [0.29, 0.717) is 28.5 Å². The lowest BCUT2D eigenvalue weighted by Crippen LogP contribution is -2.30. The number of nitrogens with one attached hydrogen (secondary N) is 1. The zero-order valence-electron chi connectivity index (χ0n) is 14.5. The maximum Gasteiger partial charge on any atom is 0.338 e. The number of benzene rings is 2. The van der Waals surface area contributed by atoms with Gasteiger partial charge in [0.2, 0.25) is 6.79 Å². The van der Waals surface area contributed by atoms with Gasteiger partial charge in [-0.05, 0) is 44.2 Å². The Balaban J connectivity index is 1.62. The standard InChI is InChI=1S/C19H19NO6/c1-3-23-19(22)13-5-4-6-15(9-13)26-12(2)18(21)20-14-7-8-16-17(10-14)25-11-24-16/h4-10,12H,3,11H2,1-2H3,(H,20,21)/t12-/m0/s1. The Morgan fingerprint density at radius 3 is 2.77 bits per heavy atom. The summed E-state index contributed by atoms with van der Waals surface area (Å²) in [5.74, 6) is 0.867. The highest BCUT2D eigenvalue weighted by atomic mass is 16.7. The second-order valence-corrected chi connectivity index (χ2v) is 5.57. The van der Waals surface area contributed by atoms with Gasteiger partial charge in [0.1, 0.15) is 5.75 Å². The second-order valence-electron chi connectivity index (χ2n) is 5.57. The van der Waals surface area contributed by atoms with E-state index in [9.17, 15) is 9.59 Å². The first-order valence-corrected chi connectivity index (χ1v) is 8.21. The third-order valence-corrected chi connectivity index (χ3v) is 3.67. The average molecular weight is 357 g/mol. The molecule has 0 fully saturated rings. The van der Waals surface area contributed by atoms with Gasteiger partial charge in [0, 0.05) is 11.8 Å². The molecule has 7 nitrogen and oxygen atoms in total. The zero-order valence-corrected chi connectivity index (χ0v) is 14.5. The molecule has 2 aromatic rings. The molecule has 0 saturated carbocycles. The summed E-state index contributed by atoms with van der Waals surface area (Å²) in [6.45, 7) is 3.82. The highest BCUT2D eigenvalue weighted by Crippen LogP contribution is 2.34. The molecule has 0 saturated heterocycles. The summed E-state index contributed by atoms with van der Waals surface area (Å²) in [5.41, 5.74) is 0.947. The molecule has 26 heavy (non-hydrogen) atoms. The van der Waals surface area contributed by atoms with Crippen LogP contribution in [0.3, 0.4) is 0 Å². The Labute approximate surface area is 150 Å². The molecule has 0 spiro atoms. The number of hydrogen-bond donors (Lipinski definition) is 1. The van der Waals surface area contributed by atoms with Crippen LogP contribution in [-0.4, -0.2) is 31.4 Å². The number of ether oxygens (including phenoxy) is 4. The topological polar surface area (TPSA) is 83.1 Å². The van der Waals surface area contributed by atoms with Crippen LogP contribution < -0.4 is 19.5 Å². The molecule has 3 rings (SSSR count). The van der Waals surface area contributed by atoms with E-state index in [0.717, 1.165) is 0 Å². The molecule has 1 amide bonds. The first kappa shape index (κ1) is 17.6. The molecule has 1 atom stereocenters. The van der Waals surface area contributed by atoms with E-state index in [2.05, 4.69) is 5.32 Å². The van der Waals surface area contributed by atoms with Gasteiger partial charge in [-0.25, -0.2) is 4.79 Å². The molecule has 0 unspecified atom stereocenters. The summed E-state index contributed by atoms with van der Waals surface area (Å²) < 4.78 is 21.1. The minimum absolute atomic E-state index is 0.170. The van der Waals surface area contributed by atoms with Gasteiger partial charge in [0.25, 0.3) is 5.91 Å². The van der Waals surface area contributed by atoms with Gasteiger partial charge in [-0.3, -0.25) is 4.79 Å². The Bertz CT molecular complexity index is 819. The molecule has 2 aromatic carbocycles. The van der Waals surface area contributed by atoms with E-state index in [1.807, 2.05) is 0 Å². The SMILES string of the molecule is CCOC(=O)c1cccc(O[C@@H](C)C(=O)Nc2ccc3c(c2)OCO3)c1. The number of rotatable bonds is 6. The summed E-state index contributed by atoms with van der Waals surface area (Å²) >= 11 is 0. The molecular weight excluding hydrogens is 338 g/mol. The van der Waals surface area contributed by atoms with Gasteiger partial charge in [-0.1, -0.05) is 6.07 Å². The largest absolute Gasteiger partial charge is 0.481 e. The maximum absolute atomic E-state index is 12.3. The van der Waals surface area contributed by atoms with Gasteiger partial charge in [0.05, 0.1) is 12.2 Å². The van der Waals surface area contributed by atoms with Crippen LogP contribution in [0.2, 0.25) is 0 Å². The minimum Gasteiger partial charge on any atom is -0.481 e. The van der Waals surface area contributed by atoms with Gasteiger partial charge < -0.3 is 24.3 Å². The van der Waals surface area contributed by atoms with E-state index in [1.54, 1.807) is 56.3 Å². The van der Waals surface area contributed by atoms with Crippen molar-refractivity contribution in [2.75, 3.05) is 18.7 Å². The predicted molar refractivity (Wildman–Crippen MR) is 93.7 cm³/mol. The summed E-state index contributed by atoms with van der Waals surface area (Å²) in [4.78, 5) is 24.1. The Hall–Kier alpha value is -3.22. The maximum atomic E-state index is 12.3. The third kappa shape index (κ3) is 4.05. The number of esters is 1. The second kappa shape index (κ2) is 7.77. The summed E-state index contributed by atoms with van der Waals surface area (Å²) in [6, 6.07) is 11.7. The number of carbonyl (C=O) groups is 2. The smallest absolute Gasteiger partial charge is 0.338 e. The number of amides is 1. The highest BCUT2D eigenvalue weighted by Gasteiger charge is 2.18. The first-order chi connectivity index (χ1) is 12.6. The van der Waals surface area contributed by atoms with E-state index in [-0.39, 0.29) is 19.3 Å². The summed E-state index contributed by atoms with van der Waals surface area (Å²) in [7, 11) is 0. The van der Waals surface area contributed by atoms with Crippen LogP contribution in [0.5, 0.6) is 17.2 Å². The van der Waals surface area contributed by atoms with Crippen molar-refractivity contribution in [2.45, 2.75) is 20.0 Å². The number of hydrogen-bond acceptors (Lipinski definition) is 6. The Morgan fingerprint density at radius 2 is 1.96 bits per heavy atom. The van der Waals surface area contributed by atoms with E-state index < -0.39 is 12.1 Å². The van der Waals surface area contributed by atoms with Crippen molar-refractivity contribution in [1.29, 1.82) is 0 Å². The molecule has 1 heterocycles. The van der Waals surface area contributed by atoms with Crippen LogP contribution in [0.15, 0.2) is 42.5 Å². The van der Waals surface area contributed by atoms with Gasteiger partial charge in [0.15, 0.2) is 17.6 Å². The van der Waals surface area contributed by atoms with Crippen LogP contribution in [-0.2, 0) is 9.53 Å². The van der Waals surface area contributed by atoms with Gasteiger partial charge >= 0.3 is 5.97 Å². The molecule has 0 aliphatic carbocycles. The molecule has 1 aliphatic heterocycles. The fourth-order valence-corrected chi connectivity index (χ4v) is 2.39. The van der Waals surface area contributed by atoms with Crippen molar-refractivity contribution < 1.29 is 28.5 Å². The average Bonchev–Trinajstić information content (AvgIpc) is 3.10. The molecule has 1 aliphatic rings. The number of fused-ring (bicyclic) bond motifs is 1. The van der Waals surface area contributed by atoms with Crippen molar-refractivity contribution in [3.05, 3.63) is 48.0 Å². The Kier molecular flexibility index (Phi) is 5.26. The lowest BCUT2D eigenvalue weighted by atomic mass is 10.2. The molecule has 1 N–H and O–H groups in total. The summed E-state index contributed by atoms with van der Waals surface area (Å²) in [6.07, 6.45) is -0.766. The highest BCUT2D eigenvalue weighted by molar-refractivity contribution is 5.94. The molecular formula is C19H19NO6. The van der Waals surface area contributed by atoms with Crippen molar-refractivity contribution in [1.82, 2.24) is 0 Å². The molecule has 0 radical (unpaired) electrons. The van der Waals surface area contributed by atoms with E-state index in [1.165, 1.54) is 0 Å². The van der Waals surface area contributed by atoms with Gasteiger partial charge in [-0.2, -0.15) is 0 Å².